The molecule has 2 aliphatic heterocycles. The third kappa shape index (κ3) is 4.06. The predicted octanol–water partition coefficient (Wildman–Crippen LogP) is 5.19. The van der Waals surface area contributed by atoms with Crippen molar-refractivity contribution in [1.29, 1.82) is 0 Å². The number of aryl methyl sites for hydroxylation is 2. The fraction of sp³-hybridized carbons (Fsp3) is 0.462. The molecule has 0 spiro atoms. The van der Waals surface area contributed by atoms with Gasteiger partial charge in [-0.05, 0) is 49.9 Å². The molecule has 186 valence electrons. The average molecular weight is 483 g/mol. The zero-order valence-electron chi connectivity index (χ0n) is 20.7. The minimum Gasteiger partial charge on any atom is -0.346 e. The van der Waals surface area contributed by atoms with Gasteiger partial charge in [0.05, 0.1) is 18.4 Å². The lowest BCUT2D eigenvalue weighted by atomic mass is 9.92. The molecule has 2 amide bonds. The normalized spacial score (nSPS) is 15.5. The van der Waals surface area contributed by atoms with Crippen molar-refractivity contribution in [2.45, 2.75) is 52.1 Å². The molecule has 0 aliphatic carbocycles. The van der Waals surface area contributed by atoms with Crippen LogP contribution in [0.25, 0.3) is 11.1 Å². The van der Waals surface area contributed by atoms with Crippen LogP contribution in [0.5, 0.6) is 0 Å². The Hall–Kier alpha value is -3.36. The highest BCUT2D eigenvalue weighted by molar-refractivity contribution is 5.79. The van der Waals surface area contributed by atoms with Crippen molar-refractivity contribution >= 4 is 17.4 Å². The van der Waals surface area contributed by atoms with E-state index in [4.69, 9.17) is 0 Å². The van der Waals surface area contributed by atoms with Crippen LogP contribution in [-0.4, -0.2) is 45.4 Å². The molecule has 35 heavy (non-hydrogen) atoms. The SMILES string of the molecule is CNC(=O)N1CCc2c(c(N3CCCc4cc(-c5cnn(C)c5)c(C(F)F)cc43)cn2C(C)C)C1. The zero-order valence-corrected chi connectivity index (χ0v) is 20.7. The van der Waals surface area contributed by atoms with Gasteiger partial charge in [0.25, 0.3) is 6.43 Å². The summed E-state index contributed by atoms with van der Waals surface area (Å²) in [6.07, 6.45) is 5.49. The van der Waals surface area contributed by atoms with Gasteiger partial charge in [-0.3, -0.25) is 4.68 Å². The molecule has 0 saturated carbocycles. The van der Waals surface area contributed by atoms with Crippen molar-refractivity contribution in [1.82, 2.24) is 24.6 Å². The molecular formula is C26H32F2N6O. The standard InChI is InChI=1S/C26H32F2N6O/c1-16(2)34-15-24(21-14-32(26(35)29-3)9-7-22(21)34)33-8-5-6-17-10-19(18-12-30-31(4)13-18)20(25(27)28)11-23(17)33/h10-13,15-16,25H,5-9,14H2,1-4H3,(H,29,35). The first kappa shape index (κ1) is 23.4. The van der Waals surface area contributed by atoms with Crippen molar-refractivity contribution in [2.75, 3.05) is 25.0 Å². The van der Waals surface area contributed by atoms with Crippen LogP contribution in [0.3, 0.4) is 0 Å². The fourth-order valence-electron chi connectivity index (χ4n) is 5.47. The van der Waals surface area contributed by atoms with Crippen molar-refractivity contribution in [3.05, 3.63) is 53.1 Å². The van der Waals surface area contributed by atoms with Crippen LogP contribution in [-0.2, 0) is 26.4 Å². The summed E-state index contributed by atoms with van der Waals surface area (Å²) in [5.74, 6) is 0. The fourth-order valence-corrected chi connectivity index (χ4v) is 5.47. The smallest absolute Gasteiger partial charge is 0.317 e. The molecule has 4 heterocycles. The van der Waals surface area contributed by atoms with E-state index in [2.05, 4.69) is 39.9 Å². The molecule has 5 rings (SSSR count). The number of benzene rings is 1. The lowest BCUT2D eigenvalue weighted by Gasteiger charge is -2.34. The summed E-state index contributed by atoms with van der Waals surface area (Å²) in [6, 6.07) is 3.75. The van der Waals surface area contributed by atoms with Crippen LogP contribution in [0.15, 0.2) is 30.7 Å². The maximum absolute atomic E-state index is 14.3. The second-order valence-electron chi connectivity index (χ2n) is 9.69. The number of aromatic nitrogens is 3. The maximum atomic E-state index is 14.3. The van der Waals surface area contributed by atoms with E-state index in [0.717, 1.165) is 48.3 Å². The average Bonchev–Trinajstić information content (AvgIpc) is 3.45. The molecule has 1 aromatic carbocycles. The number of anilines is 2. The van der Waals surface area contributed by atoms with Gasteiger partial charge in [-0.2, -0.15) is 5.10 Å². The molecule has 0 bridgehead atoms. The highest BCUT2D eigenvalue weighted by Gasteiger charge is 2.31. The van der Waals surface area contributed by atoms with Gasteiger partial charge in [0.15, 0.2) is 0 Å². The number of halogens is 2. The number of hydrogen-bond acceptors (Lipinski definition) is 3. The summed E-state index contributed by atoms with van der Waals surface area (Å²) in [5, 5.41) is 6.91. The Bertz CT molecular complexity index is 1260. The highest BCUT2D eigenvalue weighted by Crippen LogP contribution is 2.44. The van der Waals surface area contributed by atoms with Crippen molar-refractivity contribution in [3.63, 3.8) is 0 Å². The van der Waals surface area contributed by atoms with Crippen molar-refractivity contribution < 1.29 is 13.6 Å². The van der Waals surface area contributed by atoms with E-state index in [1.807, 2.05) is 11.0 Å². The van der Waals surface area contributed by atoms with Gasteiger partial charge >= 0.3 is 6.03 Å². The molecule has 0 unspecified atom stereocenters. The zero-order chi connectivity index (χ0) is 24.9. The number of rotatable bonds is 4. The summed E-state index contributed by atoms with van der Waals surface area (Å²) >= 11 is 0. The number of alkyl halides is 2. The number of nitrogens with zero attached hydrogens (tertiary/aromatic N) is 5. The number of nitrogens with one attached hydrogen (secondary N) is 1. The second-order valence-corrected chi connectivity index (χ2v) is 9.69. The first-order valence-electron chi connectivity index (χ1n) is 12.2. The highest BCUT2D eigenvalue weighted by atomic mass is 19.3. The van der Waals surface area contributed by atoms with E-state index in [-0.39, 0.29) is 17.6 Å². The summed E-state index contributed by atoms with van der Waals surface area (Å²) in [6.45, 7) is 6.20. The first-order valence-corrected chi connectivity index (χ1v) is 12.2. The second kappa shape index (κ2) is 9.02. The molecule has 3 aromatic rings. The molecule has 0 saturated heterocycles. The molecule has 0 atom stereocenters. The number of urea groups is 1. The molecule has 2 aliphatic rings. The number of hydrogen-bond donors (Lipinski definition) is 1. The number of amides is 2. The molecule has 0 fully saturated rings. The van der Waals surface area contributed by atoms with E-state index in [1.165, 1.54) is 5.69 Å². The van der Waals surface area contributed by atoms with Gasteiger partial charge in [-0.25, -0.2) is 13.6 Å². The number of carbonyl (C=O) groups is 1. The Morgan fingerprint density at radius 2 is 1.91 bits per heavy atom. The van der Waals surface area contributed by atoms with E-state index in [0.29, 0.717) is 24.2 Å². The summed E-state index contributed by atoms with van der Waals surface area (Å²) in [4.78, 5) is 16.4. The third-order valence-corrected chi connectivity index (χ3v) is 7.17. The third-order valence-electron chi connectivity index (χ3n) is 7.17. The minimum atomic E-state index is -2.60. The van der Waals surface area contributed by atoms with E-state index in [1.54, 1.807) is 37.2 Å². The molecule has 2 aromatic heterocycles. The number of carbonyl (C=O) groups excluding carboxylic acids is 1. The molecule has 1 N–H and O–H groups in total. The van der Waals surface area contributed by atoms with E-state index >= 15 is 0 Å². The monoisotopic (exact) mass is 482 g/mol. The van der Waals surface area contributed by atoms with E-state index in [9.17, 15) is 13.6 Å². The topological polar surface area (TPSA) is 58.3 Å². The van der Waals surface area contributed by atoms with Crippen LogP contribution in [0.2, 0.25) is 0 Å². The quantitative estimate of drug-likeness (QED) is 0.557. The van der Waals surface area contributed by atoms with Gasteiger partial charge in [-0.1, -0.05) is 0 Å². The minimum absolute atomic E-state index is 0.0211. The van der Waals surface area contributed by atoms with Crippen LogP contribution in [0, 0.1) is 0 Å². The van der Waals surface area contributed by atoms with Crippen LogP contribution in [0.1, 0.15) is 55.1 Å². The van der Waals surface area contributed by atoms with Gasteiger partial charge < -0.3 is 19.7 Å². The Morgan fingerprint density at radius 3 is 2.57 bits per heavy atom. The number of fused-ring (bicyclic) bond motifs is 2. The summed E-state index contributed by atoms with van der Waals surface area (Å²) in [5.41, 5.74) is 6.50. The van der Waals surface area contributed by atoms with Gasteiger partial charge in [0.1, 0.15) is 0 Å². The molecular weight excluding hydrogens is 450 g/mol. The van der Waals surface area contributed by atoms with E-state index < -0.39 is 6.43 Å². The Balaban J connectivity index is 1.63. The van der Waals surface area contributed by atoms with Crippen LogP contribution in [0.4, 0.5) is 25.0 Å². The Kier molecular flexibility index (Phi) is 6.02. The van der Waals surface area contributed by atoms with Crippen molar-refractivity contribution in [2.24, 2.45) is 7.05 Å². The largest absolute Gasteiger partial charge is 0.346 e. The summed E-state index contributed by atoms with van der Waals surface area (Å²) < 4.78 is 32.5. The van der Waals surface area contributed by atoms with Gasteiger partial charge in [0.2, 0.25) is 0 Å². The van der Waals surface area contributed by atoms with Crippen LogP contribution >= 0.6 is 0 Å². The van der Waals surface area contributed by atoms with Crippen LogP contribution < -0.4 is 10.2 Å². The Labute approximate surface area is 204 Å². The maximum Gasteiger partial charge on any atom is 0.317 e. The summed E-state index contributed by atoms with van der Waals surface area (Å²) in [7, 11) is 3.43. The molecule has 7 nitrogen and oxygen atoms in total. The molecule has 0 radical (unpaired) electrons. The lowest BCUT2D eigenvalue weighted by molar-refractivity contribution is 0.152. The van der Waals surface area contributed by atoms with Gasteiger partial charge in [0, 0.05) is 80.1 Å². The first-order chi connectivity index (χ1) is 16.8. The predicted molar refractivity (Wildman–Crippen MR) is 132 cm³/mol. The van der Waals surface area contributed by atoms with Crippen molar-refractivity contribution in [3.8, 4) is 11.1 Å². The lowest BCUT2D eigenvalue weighted by Crippen LogP contribution is -2.41. The Morgan fingerprint density at radius 1 is 1.11 bits per heavy atom. The van der Waals surface area contributed by atoms with Gasteiger partial charge in [-0.15, -0.1) is 0 Å². The molecule has 9 heteroatoms.